The number of aromatic nitrogens is 3. The van der Waals surface area contributed by atoms with E-state index in [-0.39, 0.29) is 11.8 Å². The Morgan fingerprint density at radius 2 is 1.87 bits per heavy atom. The number of alkyl halides is 3. The number of carbonyl (C=O) groups excluding carboxylic acids is 1. The monoisotopic (exact) mass is 417 g/mol. The van der Waals surface area contributed by atoms with Crippen molar-refractivity contribution < 1.29 is 18.0 Å². The average molecular weight is 417 g/mol. The third-order valence-corrected chi connectivity index (χ3v) is 6.38. The number of hydrogen-bond donors (Lipinski definition) is 0. The summed E-state index contributed by atoms with van der Waals surface area (Å²) < 4.78 is 38.9. The summed E-state index contributed by atoms with van der Waals surface area (Å²) in [7, 11) is 0. The second-order valence-electron chi connectivity index (χ2n) is 8.28. The van der Waals surface area contributed by atoms with Crippen molar-refractivity contribution in [2.45, 2.75) is 51.4 Å². The Morgan fingerprint density at radius 3 is 2.70 bits per heavy atom. The van der Waals surface area contributed by atoms with Gasteiger partial charge in [-0.2, -0.15) is 23.4 Å². The molecule has 5 rings (SSSR count). The first-order valence-corrected chi connectivity index (χ1v) is 10.3. The minimum absolute atomic E-state index is 0.0464. The van der Waals surface area contributed by atoms with Crippen molar-refractivity contribution in [1.82, 2.24) is 20.1 Å². The molecule has 9 heteroatoms. The molecule has 0 bridgehead atoms. The summed E-state index contributed by atoms with van der Waals surface area (Å²) in [4.78, 5) is 20.2. The summed E-state index contributed by atoms with van der Waals surface area (Å²) in [6.07, 6.45) is 1.54. The van der Waals surface area contributed by atoms with E-state index in [0.717, 1.165) is 48.7 Å². The molecule has 1 atom stereocenters. The van der Waals surface area contributed by atoms with Crippen molar-refractivity contribution in [2.75, 3.05) is 18.0 Å². The molecule has 6 nitrogen and oxygen atoms in total. The largest absolute Gasteiger partial charge is 0.433 e. The molecule has 0 aromatic carbocycles. The molecule has 1 amide bonds. The van der Waals surface area contributed by atoms with E-state index in [1.165, 1.54) is 11.8 Å². The van der Waals surface area contributed by atoms with Crippen LogP contribution in [0.25, 0.3) is 0 Å². The van der Waals surface area contributed by atoms with Crippen LogP contribution in [0.3, 0.4) is 0 Å². The summed E-state index contributed by atoms with van der Waals surface area (Å²) in [5.41, 5.74) is 3.94. The number of rotatable bonds is 2. The highest BCUT2D eigenvalue weighted by Gasteiger charge is 2.37. The van der Waals surface area contributed by atoms with Crippen molar-refractivity contribution in [1.29, 1.82) is 0 Å². The van der Waals surface area contributed by atoms with E-state index in [4.69, 9.17) is 0 Å². The molecular formula is C21H22F3N5O. The minimum Gasteiger partial charge on any atom is -0.371 e. The number of anilines is 1. The minimum atomic E-state index is -4.48. The maximum atomic E-state index is 13.1. The Kier molecular flexibility index (Phi) is 4.63. The first kappa shape index (κ1) is 19.3. The maximum absolute atomic E-state index is 13.1. The van der Waals surface area contributed by atoms with E-state index in [9.17, 15) is 18.0 Å². The fourth-order valence-corrected chi connectivity index (χ4v) is 4.80. The van der Waals surface area contributed by atoms with E-state index in [1.54, 1.807) is 6.07 Å². The predicted molar refractivity (Wildman–Crippen MR) is 102 cm³/mol. The zero-order valence-corrected chi connectivity index (χ0v) is 16.5. The lowest BCUT2D eigenvalue weighted by Gasteiger charge is -2.22. The normalized spacial score (nSPS) is 21.0. The van der Waals surface area contributed by atoms with Gasteiger partial charge in [0.05, 0.1) is 23.9 Å². The SMILES string of the molecule is O=C([C@@H]1CCN(c2ccnc(C(F)(F)F)c2)C1)N1Cc2nnc3c(c2C1)CCCC3. The zero-order chi connectivity index (χ0) is 20.9. The molecule has 4 heterocycles. The molecule has 0 radical (unpaired) electrons. The Bertz CT molecular complexity index is 993. The number of amides is 1. The van der Waals surface area contributed by atoms with Gasteiger partial charge in [-0.3, -0.25) is 9.78 Å². The first-order chi connectivity index (χ1) is 14.4. The standard InChI is InChI=1S/C21H22F3N5O/c22-21(23,24)19-9-14(5-7-25-19)28-8-6-13(10-28)20(30)29-11-16-15-3-1-2-4-17(15)26-27-18(16)12-29/h5,7,9,13H,1-4,6,8,10-12H2/t13-/m1/s1. The van der Waals surface area contributed by atoms with Crippen LogP contribution in [0.15, 0.2) is 18.3 Å². The van der Waals surface area contributed by atoms with Crippen molar-refractivity contribution in [3.63, 3.8) is 0 Å². The van der Waals surface area contributed by atoms with Crippen molar-refractivity contribution in [2.24, 2.45) is 5.92 Å². The van der Waals surface area contributed by atoms with Gasteiger partial charge in [-0.1, -0.05) is 0 Å². The van der Waals surface area contributed by atoms with Crippen LogP contribution in [0.4, 0.5) is 18.9 Å². The second kappa shape index (κ2) is 7.21. The van der Waals surface area contributed by atoms with Crippen molar-refractivity contribution in [3.05, 3.63) is 46.5 Å². The molecule has 1 saturated heterocycles. The van der Waals surface area contributed by atoms with E-state index in [1.807, 2.05) is 9.80 Å². The quantitative estimate of drug-likeness (QED) is 0.751. The molecule has 0 unspecified atom stereocenters. The maximum Gasteiger partial charge on any atom is 0.433 e. The van der Waals surface area contributed by atoms with Crippen LogP contribution in [-0.2, 0) is 36.9 Å². The molecule has 1 aliphatic carbocycles. The smallest absolute Gasteiger partial charge is 0.371 e. The number of fused-ring (bicyclic) bond motifs is 3. The van der Waals surface area contributed by atoms with Gasteiger partial charge in [0.2, 0.25) is 5.91 Å². The third-order valence-electron chi connectivity index (χ3n) is 6.38. The Balaban J connectivity index is 1.28. The molecule has 2 aromatic rings. The summed E-state index contributed by atoms with van der Waals surface area (Å²) in [5.74, 6) is -0.184. The van der Waals surface area contributed by atoms with Crippen molar-refractivity contribution in [3.8, 4) is 0 Å². The fourth-order valence-electron chi connectivity index (χ4n) is 4.80. The molecule has 2 aromatic heterocycles. The van der Waals surface area contributed by atoms with E-state index >= 15 is 0 Å². The van der Waals surface area contributed by atoms with E-state index in [0.29, 0.717) is 38.3 Å². The summed E-state index contributed by atoms with van der Waals surface area (Å²) in [6.45, 7) is 2.00. The highest BCUT2D eigenvalue weighted by Crippen LogP contribution is 2.34. The molecule has 3 aliphatic rings. The highest BCUT2D eigenvalue weighted by atomic mass is 19.4. The van der Waals surface area contributed by atoms with Gasteiger partial charge in [-0.25, -0.2) is 0 Å². The van der Waals surface area contributed by atoms with Gasteiger partial charge < -0.3 is 9.80 Å². The molecule has 0 saturated carbocycles. The van der Waals surface area contributed by atoms with Gasteiger partial charge in [0.25, 0.3) is 0 Å². The predicted octanol–water partition coefficient (Wildman–Crippen LogP) is 3.14. The number of nitrogens with zero attached hydrogens (tertiary/aromatic N) is 5. The second-order valence-corrected chi connectivity index (χ2v) is 8.28. The molecule has 0 spiro atoms. The van der Waals surface area contributed by atoms with Crippen LogP contribution >= 0.6 is 0 Å². The highest BCUT2D eigenvalue weighted by molar-refractivity contribution is 5.81. The van der Waals surface area contributed by atoms with Crippen molar-refractivity contribution >= 4 is 11.6 Å². The van der Waals surface area contributed by atoms with Gasteiger partial charge in [0.15, 0.2) is 0 Å². The van der Waals surface area contributed by atoms with Gasteiger partial charge in [-0.05, 0) is 49.8 Å². The fraction of sp³-hybridized carbons (Fsp3) is 0.524. The molecule has 30 heavy (non-hydrogen) atoms. The molecular weight excluding hydrogens is 395 g/mol. The lowest BCUT2D eigenvalue weighted by atomic mass is 9.92. The summed E-state index contributed by atoms with van der Waals surface area (Å²) >= 11 is 0. The van der Waals surface area contributed by atoms with E-state index < -0.39 is 11.9 Å². The number of hydrogen-bond acceptors (Lipinski definition) is 5. The number of carbonyl (C=O) groups is 1. The Labute approximate surface area is 172 Å². The third kappa shape index (κ3) is 3.40. The molecule has 0 N–H and O–H groups in total. The average Bonchev–Trinajstić information content (AvgIpc) is 3.40. The lowest BCUT2D eigenvalue weighted by Crippen LogP contribution is -2.34. The van der Waals surface area contributed by atoms with Crippen LogP contribution in [-0.4, -0.2) is 39.1 Å². The van der Waals surface area contributed by atoms with Gasteiger partial charge in [0.1, 0.15) is 5.69 Å². The molecule has 158 valence electrons. The first-order valence-electron chi connectivity index (χ1n) is 10.3. The van der Waals surface area contributed by atoms with E-state index in [2.05, 4.69) is 15.2 Å². The van der Waals surface area contributed by atoms with Crippen LogP contribution in [0.2, 0.25) is 0 Å². The number of aryl methyl sites for hydroxylation is 1. The zero-order valence-electron chi connectivity index (χ0n) is 16.5. The number of halogens is 3. The topological polar surface area (TPSA) is 62.2 Å². The lowest BCUT2D eigenvalue weighted by molar-refractivity contribution is -0.141. The van der Waals surface area contributed by atoms with Crippen LogP contribution < -0.4 is 4.90 Å². The van der Waals surface area contributed by atoms with Gasteiger partial charge in [-0.15, -0.1) is 0 Å². The Morgan fingerprint density at radius 1 is 1.07 bits per heavy atom. The summed E-state index contributed by atoms with van der Waals surface area (Å²) in [5, 5.41) is 8.73. The van der Waals surface area contributed by atoms with Crippen LogP contribution in [0, 0.1) is 5.92 Å². The Hall–Kier alpha value is -2.71. The molecule has 1 fully saturated rings. The van der Waals surface area contributed by atoms with Gasteiger partial charge in [0, 0.05) is 37.1 Å². The number of pyridine rings is 1. The molecule has 2 aliphatic heterocycles. The van der Waals surface area contributed by atoms with Crippen LogP contribution in [0.1, 0.15) is 47.5 Å². The summed E-state index contributed by atoms with van der Waals surface area (Å²) in [6, 6.07) is 2.62. The van der Waals surface area contributed by atoms with Gasteiger partial charge >= 0.3 is 6.18 Å². The van der Waals surface area contributed by atoms with Crippen LogP contribution in [0.5, 0.6) is 0 Å².